The van der Waals surface area contributed by atoms with Gasteiger partial charge in [0.25, 0.3) is 0 Å². The number of nitrogens with zero attached hydrogens (tertiary/aromatic N) is 1. The van der Waals surface area contributed by atoms with E-state index >= 15 is 0 Å². The molecule has 6 heteroatoms. The Labute approximate surface area is 188 Å². The Balaban J connectivity index is 1.30. The molecule has 0 spiro atoms. The maximum Gasteiger partial charge on any atom is 0.220 e. The summed E-state index contributed by atoms with van der Waals surface area (Å²) in [6.45, 7) is 5.66. The van der Waals surface area contributed by atoms with Crippen LogP contribution in [-0.2, 0) is 17.6 Å². The van der Waals surface area contributed by atoms with Gasteiger partial charge in [-0.25, -0.2) is 0 Å². The molecule has 1 amide bonds. The Bertz CT molecular complexity index is 1220. The SMILES string of the molecule is CCOc1ccc(CCNC(=O)CCc2cc3c(cn2)[nH]c2ccccc23)cc1OCC. The average Bonchev–Trinajstić information content (AvgIpc) is 3.18. The van der Waals surface area contributed by atoms with E-state index in [0.717, 1.165) is 45.6 Å². The van der Waals surface area contributed by atoms with Crippen molar-refractivity contribution in [2.45, 2.75) is 33.1 Å². The minimum Gasteiger partial charge on any atom is -0.490 e. The minimum atomic E-state index is 0.0294. The lowest BCUT2D eigenvalue weighted by molar-refractivity contribution is -0.121. The van der Waals surface area contributed by atoms with E-state index < -0.39 is 0 Å². The lowest BCUT2D eigenvalue weighted by atomic mass is 10.1. The number of rotatable bonds is 10. The van der Waals surface area contributed by atoms with Gasteiger partial charge in [0.1, 0.15) is 0 Å². The molecule has 0 aliphatic heterocycles. The molecule has 4 rings (SSSR count). The van der Waals surface area contributed by atoms with E-state index in [4.69, 9.17) is 9.47 Å². The van der Waals surface area contributed by atoms with Crippen LogP contribution in [-0.4, -0.2) is 35.6 Å². The summed E-state index contributed by atoms with van der Waals surface area (Å²) >= 11 is 0. The van der Waals surface area contributed by atoms with Crippen molar-refractivity contribution in [1.82, 2.24) is 15.3 Å². The summed E-state index contributed by atoms with van der Waals surface area (Å²) in [6, 6.07) is 16.2. The van der Waals surface area contributed by atoms with E-state index in [0.29, 0.717) is 32.6 Å². The molecule has 0 fully saturated rings. The van der Waals surface area contributed by atoms with Crippen molar-refractivity contribution in [1.29, 1.82) is 0 Å². The maximum absolute atomic E-state index is 12.4. The maximum atomic E-state index is 12.4. The molecular formula is C26H29N3O3. The zero-order valence-electron chi connectivity index (χ0n) is 18.6. The fourth-order valence-electron chi connectivity index (χ4n) is 3.86. The van der Waals surface area contributed by atoms with Crippen molar-refractivity contribution in [3.05, 3.63) is 66.0 Å². The smallest absolute Gasteiger partial charge is 0.220 e. The van der Waals surface area contributed by atoms with Gasteiger partial charge in [-0.05, 0) is 56.5 Å². The number of carbonyl (C=O) groups excluding carboxylic acids is 1. The Morgan fingerprint density at radius 1 is 0.938 bits per heavy atom. The highest BCUT2D eigenvalue weighted by atomic mass is 16.5. The third-order valence-corrected chi connectivity index (χ3v) is 5.40. The van der Waals surface area contributed by atoms with Crippen LogP contribution in [0.1, 0.15) is 31.5 Å². The van der Waals surface area contributed by atoms with Crippen LogP contribution in [0.15, 0.2) is 54.7 Å². The number of aromatic amines is 1. The number of ether oxygens (including phenoxy) is 2. The molecule has 2 heterocycles. The van der Waals surface area contributed by atoms with Crippen LogP contribution in [0.3, 0.4) is 0 Å². The van der Waals surface area contributed by atoms with Crippen LogP contribution >= 0.6 is 0 Å². The van der Waals surface area contributed by atoms with Gasteiger partial charge in [-0.1, -0.05) is 24.3 Å². The molecule has 0 bridgehead atoms. The van der Waals surface area contributed by atoms with Gasteiger partial charge in [-0.3, -0.25) is 9.78 Å². The number of nitrogens with one attached hydrogen (secondary N) is 2. The zero-order chi connectivity index (χ0) is 22.3. The first-order chi connectivity index (χ1) is 15.7. The van der Waals surface area contributed by atoms with E-state index in [9.17, 15) is 4.79 Å². The average molecular weight is 432 g/mol. The van der Waals surface area contributed by atoms with Gasteiger partial charge in [0.05, 0.1) is 24.9 Å². The highest BCUT2D eigenvalue weighted by Crippen LogP contribution is 2.28. The van der Waals surface area contributed by atoms with Crippen molar-refractivity contribution in [2.24, 2.45) is 0 Å². The van der Waals surface area contributed by atoms with Crippen LogP contribution in [0.4, 0.5) is 0 Å². The van der Waals surface area contributed by atoms with Crippen LogP contribution in [0.5, 0.6) is 11.5 Å². The molecular weight excluding hydrogens is 402 g/mol. The van der Waals surface area contributed by atoms with Crippen LogP contribution < -0.4 is 14.8 Å². The first-order valence-corrected chi connectivity index (χ1v) is 11.2. The summed E-state index contributed by atoms with van der Waals surface area (Å²) in [5.41, 5.74) is 4.14. The molecule has 0 aliphatic rings. The quantitative estimate of drug-likeness (QED) is 0.378. The molecule has 0 atom stereocenters. The summed E-state index contributed by atoms with van der Waals surface area (Å²) in [4.78, 5) is 20.2. The summed E-state index contributed by atoms with van der Waals surface area (Å²) < 4.78 is 11.3. The van der Waals surface area contributed by atoms with Crippen molar-refractivity contribution in [3.8, 4) is 11.5 Å². The number of H-pyrrole nitrogens is 1. The summed E-state index contributed by atoms with van der Waals surface area (Å²) in [5, 5.41) is 5.33. The largest absolute Gasteiger partial charge is 0.490 e. The molecule has 0 saturated carbocycles. The predicted molar refractivity (Wildman–Crippen MR) is 127 cm³/mol. The first kappa shape index (κ1) is 21.7. The number of para-hydroxylation sites is 1. The van der Waals surface area contributed by atoms with Crippen molar-refractivity contribution >= 4 is 27.7 Å². The van der Waals surface area contributed by atoms with Gasteiger partial charge in [0.2, 0.25) is 5.91 Å². The zero-order valence-corrected chi connectivity index (χ0v) is 18.6. The normalized spacial score (nSPS) is 11.1. The van der Waals surface area contributed by atoms with E-state index in [1.54, 1.807) is 0 Å². The van der Waals surface area contributed by atoms with Gasteiger partial charge in [0, 0.05) is 34.9 Å². The second kappa shape index (κ2) is 10.2. The molecule has 32 heavy (non-hydrogen) atoms. The number of aryl methyl sites for hydroxylation is 1. The Morgan fingerprint density at radius 3 is 2.59 bits per heavy atom. The van der Waals surface area contributed by atoms with Gasteiger partial charge in [-0.15, -0.1) is 0 Å². The third-order valence-electron chi connectivity index (χ3n) is 5.40. The van der Waals surface area contributed by atoms with Gasteiger partial charge in [0.15, 0.2) is 11.5 Å². The predicted octanol–water partition coefficient (Wildman–Crippen LogP) is 4.81. The molecule has 0 aliphatic carbocycles. The Hall–Kier alpha value is -3.54. The van der Waals surface area contributed by atoms with Crippen molar-refractivity contribution in [2.75, 3.05) is 19.8 Å². The molecule has 6 nitrogen and oxygen atoms in total. The molecule has 0 saturated heterocycles. The second-order valence-corrected chi connectivity index (χ2v) is 7.64. The lowest BCUT2D eigenvalue weighted by Gasteiger charge is -2.12. The lowest BCUT2D eigenvalue weighted by Crippen LogP contribution is -2.26. The fraction of sp³-hybridized carbons (Fsp3) is 0.308. The number of fused-ring (bicyclic) bond motifs is 3. The number of amides is 1. The first-order valence-electron chi connectivity index (χ1n) is 11.2. The van der Waals surface area contributed by atoms with E-state index in [2.05, 4.69) is 33.5 Å². The summed E-state index contributed by atoms with van der Waals surface area (Å²) in [6.07, 6.45) is 3.61. The molecule has 2 aromatic carbocycles. The highest BCUT2D eigenvalue weighted by molar-refractivity contribution is 6.06. The molecule has 2 aromatic heterocycles. The van der Waals surface area contributed by atoms with E-state index in [1.807, 2.05) is 50.4 Å². The van der Waals surface area contributed by atoms with Gasteiger partial charge in [-0.2, -0.15) is 0 Å². The molecule has 166 valence electrons. The topological polar surface area (TPSA) is 76.2 Å². The number of hydrogen-bond donors (Lipinski definition) is 2. The minimum absolute atomic E-state index is 0.0294. The monoisotopic (exact) mass is 431 g/mol. The highest BCUT2D eigenvalue weighted by Gasteiger charge is 2.09. The molecule has 0 radical (unpaired) electrons. The van der Waals surface area contributed by atoms with Crippen molar-refractivity contribution < 1.29 is 14.3 Å². The Morgan fingerprint density at radius 2 is 1.75 bits per heavy atom. The van der Waals surface area contributed by atoms with E-state index in [1.165, 1.54) is 5.39 Å². The molecule has 2 N–H and O–H groups in total. The molecule has 0 unspecified atom stereocenters. The summed E-state index contributed by atoms with van der Waals surface area (Å²) in [5.74, 6) is 1.53. The van der Waals surface area contributed by atoms with Gasteiger partial charge >= 0.3 is 0 Å². The number of carbonyl (C=O) groups is 1. The third kappa shape index (κ3) is 5.02. The van der Waals surface area contributed by atoms with Crippen LogP contribution in [0.25, 0.3) is 21.8 Å². The summed E-state index contributed by atoms with van der Waals surface area (Å²) in [7, 11) is 0. The second-order valence-electron chi connectivity index (χ2n) is 7.64. The number of aromatic nitrogens is 2. The standard InChI is InChI=1S/C26H29N3O3/c1-3-31-24-11-9-18(15-25(24)32-4-2)13-14-27-26(30)12-10-19-16-21-20-7-5-6-8-22(20)29-23(21)17-28-19/h5-9,11,15-17,29H,3-4,10,12-14H2,1-2H3,(H,27,30). The van der Waals surface area contributed by atoms with E-state index in [-0.39, 0.29) is 5.91 Å². The number of hydrogen-bond acceptors (Lipinski definition) is 4. The number of pyridine rings is 1. The number of benzene rings is 2. The van der Waals surface area contributed by atoms with Crippen molar-refractivity contribution in [3.63, 3.8) is 0 Å². The Kier molecular flexibility index (Phi) is 6.90. The molecule has 4 aromatic rings. The fourth-order valence-corrected chi connectivity index (χ4v) is 3.86. The van der Waals surface area contributed by atoms with Gasteiger partial charge < -0.3 is 19.8 Å². The van der Waals surface area contributed by atoms with Crippen LogP contribution in [0, 0.1) is 0 Å². The van der Waals surface area contributed by atoms with Crippen LogP contribution in [0.2, 0.25) is 0 Å².